The highest BCUT2D eigenvalue weighted by molar-refractivity contribution is 5.85. The van der Waals surface area contributed by atoms with Gasteiger partial charge in [-0.15, -0.1) is 0 Å². The summed E-state index contributed by atoms with van der Waals surface area (Å²) >= 11 is 0. The summed E-state index contributed by atoms with van der Waals surface area (Å²) in [7, 11) is 0. The number of hydrogen-bond donors (Lipinski definition) is 1. The van der Waals surface area contributed by atoms with Crippen molar-refractivity contribution in [3.8, 4) is 11.3 Å². The Hall–Kier alpha value is -2.55. The molecule has 1 aromatic heterocycles. The highest BCUT2D eigenvalue weighted by Gasteiger charge is 2.08. The van der Waals surface area contributed by atoms with Gasteiger partial charge in [0.1, 0.15) is 5.76 Å². The Morgan fingerprint density at radius 2 is 1.67 bits per heavy atom. The summed E-state index contributed by atoms with van der Waals surface area (Å²) in [5.74, 6) is 0.497. The van der Waals surface area contributed by atoms with Crippen LogP contribution in [0.4, 0.5) is 5.69 Å². The maximum absolute atomic E-state index is 11.9. The standard InChI is InChI=1S/C15H11NO2/c16-13-8-4-3-7-12(13)14-9-10-5-1-2-6-11(10)15(17)18-14/h1-9H,16H2. The molecule has 0 aliphatic heterocycles. The van der Waals surface area contributed by atoms with Crippen LogP contribution in [0.25, 0.3) is 22.1 Å². The predicted molar refractivity (Wildman–Crippen MR) is 72.3 cm³/mol. The topological polar surface area (TPSA) is 56.2 Å². The van der Waals surface area contributed by atoms with Crippen LogP contribution in [0.1, 0.15) is 0 Å². The quantitative estimate of drug-likeness (QED) is 0.662. The third kappa shape index (κ3) is 1.66. The Morgan fingerprint density at radius 1 is 0.944 bits per heavy atom. The summed E-state index contributed by atoms with van der Waals surface area (Å²) in [6.07, 6.45) is 0. The first-order valence-electron chi connectivity index (χ1n) is 5.63. The Balaban J connectivity index is 2.32. The van der Waals surface area contributed by atoms with Gasteiger partial charge in [-0.1, -0.05) is 30.3 Å². The van der Waals surface area contributed by atoms with Crippen molar-refractivity contribution in [2.75, 3.05) is 5.73 Å². The second-order valence-electron chi connectivity index (χ2n) is 4.07. The van der Waals surface area contributed by atoms with Crippen LogP contribution in [0.5, 0.6) is 0 Å². The van der Waals surface area contributed by atoms with Crippen LogP contribution < -0.4 is 11.4 Å². The van der Waals surface area contributed by atoms with Crippen LogP contribution in [0.15, 0.2) is 63.8 Å². The number of hydrogen-bond acceptors (Lipinski definition) is 3. The first kappa shape index (κ1) is 10.6. The van der Waals surface area contributed by atoms with Gasteiger partial charge < -0.3 is 10.2 Å². The minimum absolute atomic E-state index is 0.341. The fourth-order valence-electron chi connectivity index (χ4n) is 1.99. The van der Waals surface area contributed by atoms with Crippen LogP contribution in [0.2, 0.25) is 0 Å². The van der Waals surface area contributed by atoms with E-state index >= 15 is 0 Å². The fourth-order valence-corrected chi connectivity index (χ4v) is 1.99. The van der Waals surface area contributed by atoms with Crippen molar-refractivity contribution in [3.05, 3.63) is 65.0 Å². The summed E-state index contributed by atoms with van der Waals surface area (Å²) in [6.45, 7) is 0. The van der Waals surface area contributed by atoms with E-state index in [9.17, 15) is 4.79 Å². The molecular formula is C15H11NO2. The molecule has 0 saturated carbocycles. The van der Waals surface area contributed by atoms with Crippen molar-refractivity contribution >= 4 is 16.5 Å². The van der Waals surface area contributed by atoms with E-state index in [1.165, 1.54) is 0 Å². The van der Waals surface area contributed by atoms with Crippen molar-refractivity contribution in [1.29, 1.82) is 0 Å². The first-order valence-corrected chi connectivity index (χ1v) is 5.63. The van der Waals surface area contributed by atoms with Gasteiger partial charge in [-0.05, 0) is 29.7 Å². The minimum Gasteiger partial charge on any atom is -0.422 e. The third-order valence-electron chi connectivity index (χ3n) is 2.90. The van der Waals surface area contributed by atoms with E-state index in [-0.39, 0.29) is 5.63 Å². The largest absolute Gasteiger partial charge is 0.422 e. The van der Waals surface area contributed by atoms with Gasteiger partial charge in [0, 0.05) is 11.3 Å². The average molecular weight is 237 g/mol. The molecule has 0 aliphatic carbocycles. The molecule has 1 heterocycles. The van der Waals surface area contributed by atoms with Gasteiger partial charge in [0.05, 0.1) is 5.39 Å². The molecule has 3 aromatic rings. The van der Waals surface area contributed by atoms with Crippen molar-refractivity contribution in [2.24, 2.45) is 0 Å². The Labute approximate surface area is 103 Å². The summed E-state index contributed by atoms with van der Waals surface area (Å²) in [6, 6.07) is 16.5. The summed E-state index contributed by atoms with van der Waals surface area (Å²) < 4.78 is 5.32. The monoisotopic (exact) mass is 237 g/mol. The Kier molecular flexibility index (Phi) is 2.38. The summed E-state index contributed by atoms with van der Waals surface area (Å²) in [5.41, 5.74) is 6.87. The molecule has 2 N–H and O–H groups in total. The molecule has 0 aliphatic rings. The molecule has 18 heavy (non-hydrogen) atoms. The number of para-hydroxylation sites is 1. The molecule has 0 bridgehead atoms. The zero-order valence-electron chi connectivity index (χ0n) is 9.59. The van der Waals surface area contributed by atoms with E-state index in [1.54, 1.807) is 12.1 Å². The van der Waals surface area contributed by atoms with Crippen molar-refractivity contribution in [3.63, 3.8) is 0 Å². The molecule has 0 spiro atoms. The third-order valence-corrected chi connectivity index (χ3v) is 2.90. The fraction of sp³-hybridized carbons (Fsp3) is 0. The van der Waals surface area contributed by atoms with Gasteiger partial charge in [0.15, 0.2) is 0 Å². The smallest absolute Gasteiger partial charge is 0.344 e. The summed E-state index contributed by atoms with van der Waals surface area (Å²) in [5, 5.41) is 1.43. The van der Waals surface area contributed by atoms with Gasteiger partial charge >= 0.3 is 5.63 Å². The highest BCUT2D eigenvalue weighted by Crippen LogP contribution is 2.26. The highest BCUT2D eigenvalue weighted by atomic mass is 16.4. The molecule has 0 radical (unpaired) electrons. The molecule has 0 unspecified atom stereocenters. The lowest BCUT2D eigenvalue weighted by molar-refractivity contribution is 0.535. The predicted octanol–water partition coefficient (Wildman–Crippen LogP) is 3.04. The molecule has 3 heteroatoms. The first-order chi connectivity index (χ1) is 8.75. The lowest BCUT2D eigenvalue weighted by atomic mass is 10.1. The van der Waals surface area contributed by atoms with Crippen LogP contribution in [0, 0.1) is 0 Å². The van der Waals surface area contributed by atoms with E-state index in [1.807, 2.05) is 42.5 Å². The maximum atomic E-state index is 11.9. The molecular weight excluding hydrogens is 226 g/mol. The van der Waals surface area contributed by atoms with Gasteiger partial charge in [0.2, 0.25) is 0 Å². The molecule has 3 rings (SSSR count). The Morgan fingerprint density at radius 3 is 2.50 bits per heavy atom. The lowest BCUT2D eigenvalue weighted by Gasteiger charge is -2.05. The van der Waals surface area contributed by atoms with Crippen LogP contribution in [0.3, 0.4) is 0 Å². The van der Waals surface area contributed by atoms with Gasteiger partial charge in [-0.25, -0.2) is 4.79 Å². The molecule has 88 valence electrons. The normalized spacial score (nSPS) is 10.7. The van der Waals surface area contributed by atoms with Crippen LogP contribution in [-0.4, -0.2) is 0 Å². The number of rotatable bonds is 1. The number of anilines is 1. The molecule has 0 saturated heterocycles. The van der Waals surface area contributed by atoms with Gasteiger partial charge in [-0.3, -0.25) is 0 Å². The van der Waals surface area contributed by atoms with Crippen LogP contribution >= 0.6 is 0 Å². The van der Waals surface area contributed by atoms with Crippen molar-refractivity contribution in [2.45, 2.75) is 0 Å². The molecule has 3 nitrogen and oxygen atoms in total. The SMILES string of the molecule is Nc1ccccc1-c1cc2ccccc2c(=O)o1. The van der Waals surface area contributed by atoms with Gasteiger partial charge in [0.25, 0.3) is 0 Å². The van der Waals surface area contributed by atoms with Crippen molar-refractivity contribution in [1.82, 2.24) is 0 Å². The second-order valence-corrected chi connectivity index (χ2v) is 4.07. The molecule has 0 atom stereocenters. The van der Waals surface area contributed by atoms with Gasteiger partial charge in [-0.2, -0.15) is 0 Å². The number of nitrogens with two attached hydrogens (primary N) is 1. The van der Waals surface area contributed by atoms with E-state index in [2.05, 4.69) is 0 Å². The molecule has 0 amide bonds. The van der Waals surface area contributed by atoms with E-state index in [0.29, 0.717) is 16.8 Å². The molecule has 0 fully saturated rings. The zero-order chi connectivity index (χ0) is 12.5. The number of nitrogen functional groups attached to an aromatic ring is 1. The minimum atomic E-state index is -0.341. The molecule has 2 aromatic carbocycles. The van der Waals surface area contributed by atoms with E-state index in [0.717, 1.165) is 10.9 Å². The number of fused-ring (bicyclic) bond motifs is 1. The average Bonchev–Trinajstić information content (AvgIpc) is 2.39. The maximum Gasteiger partial charge on any atom is 0.344 e. The summed E-state index contributed by atoms with van der Waals surface area (Å²) in [4.78, 5) is 11.9. The zero-order valence-corrected chi connectivity index (χ0v) is 9.59. The van der Waals surface area contributed by atoms with E-state index in [4.69, 9.17) is 10.2 Å². The lowest BCUT2D eigenvalue weighted by Crippen LogP contribution is -2.00. The Bertz CT molecular complexity index is 775. The van der Waals surface area contributed by atoms with E-state index < -0.39 is 0 Å². The van der Waals surface area contributed by atoms with Crippen LogP contribution in [-0.2, 0) is 0 Å². The van der Waals surface area contributed by atoms with Crippen molar-refractivity contribution < 1.29 is 4.42 Å². The number of benzene rings is 2. The second kappa shape index (κ2) is 4.04.